The lowest BCUT2D eigenvalue weighted by Crippen LogP contribution is -2.21. The first-order valence-electron chi connectivity index (χ1n) is 10.3. The first-order chi connectivity index (χ1) is 15.2. The van der Waals surface area contributed by atoms with Crippen molar-refractivity contribution in [3.05, 3.63) is 52.4 Å². The van der Waals surface area contributed by atoms with Gasteiger partial charge in [0.1, 0.15) is 11.6 Å². The van der Waals surface area contributed by atoms with Crippen molar-refractivity contribution in [1.29, 1.82) is 5.26 Å². The topological polar surface area (TPSA) is 97.0 Å². The van der Waals surface area contributed by atoms with Gasteiger partial charge in [-0.25, -0.2) is 9.78 Å². The van der Waals surface area contributed by atoms with E-state index >= 15 is 0 Å². The predicted molar refractivity (Wildman–Crippen MR) is 126 cm³/mol. The van der Waals surface area contributed by atoms with Gasteiger partial charge in [0.2, 0.25) is 0 Å². The van der Waals surface area contributed by atoms with Crippen molar-refractivity contribution < 1.29 is 14.3 Å². The number of carbonyl (C=O) groups is 2. The number of thiazole rings is 1. The van der Waals surface area contributed by atoms with Crippen molar-refractivity contribution in [2.24, 2.45) is 5.92 Å². The van der Waals surface area contributed by atoms with Crippen LogP contribution in [0.5, 0.6) is 0 Å². The van der Waals surface area contributed by atoms with E-state index in [4.69, 9.17) is 4.74 Å². The maximum atomic E-state index is 12.4. The van der Waals surface area contributed by atoms with Crippen LogP contribution in [0.4, 0.5) is 5.13 Å². The van der Waals surface area contributed by atoms with E-state index in [9.17, 15) is 14.9 Å². The molecule has 0 radical (unpaired) electrons. The lowest BCUT2D eigenvalue weighted by atomic mass is 10.1. The molecular weight excluding hydrogens is 424 g/mol. The fraction of sp³-hybridized carbons (Fsp3) is 0.333. The standard InChI is InChI=1S/C24H26N4O3S/c1-14(2)12-28-16(4)9-18(17(28)5)10-19(11-25)23(30)31-13-22(29)27-24-26-20-7-6-15(3)8-21(20)32-24/h6-10,14H,12-13H2,1-5H3,(H,26,27,29)/b19-10+. The van der Waals surface area contributed by atoms with Crippen LogP contribution in [0.1, 0.15) is 36.4 Å². The molecule has 3 rings (SSSR count). The van der Waals surface area contributed by atoms with E-state index in [1.165, 1.54) is 17.4 Å². The van der Waals surface area contributed by atoms with Crippen molar-refractivity contribution in [2.75, 3.05) is 11.9 Å². The molecule has 7 nitrogen and oxygen atoms in total. The molecule has 1 N–H and O–H groups in total. The highest BCUT2D eigenvalue weighted by molar-refractivity contribution is 7.22. The maximum absolute atomic E-state index is 12.4. The van der Waals surface area contributed by atoms with Gasteiger partial charge < -0.3 is 9.30 Å². The second kappa shape index (κ2) is 9.79. The van der Waals surface area contributed by atoms with Crippen LogP contribution in [-0.2, 0) is 20.9 Å². The number of amides is 1. The van der Waals surface area contributed by atoms with E-state index in [0.717, 1.165) is 39.3 Å². The summed E-state index contributed by atoms with van der Waals surface area (Å²) >= 11 is 1.35. The monoisotopic (exact) mass is 450 g/mol. The normalized spacial score (nSPS) is 11.6. The first kappa shape index (κ1) is 23.2. The highest BCUT2D eigenvalue weighted by atomic mass is 32.1. The molecule has 1 aromatic carbocycles. The second-order valence-corrected chi connectivity index (χ2v) is 9.15. The summed E-state index contributed by atoms with van der Waals surface area (Å²) < 4.78 is 8.18. The number of fused-ring (bicyclic) bond motifs is 1. The SMILES string of the molecule is Cc1ccc2nc(NC(=O)COC(=O)/C(C#N)=C/c3cc(C)n(CC(C)C)c3C)sc2c1. The van der Waals surface area contributed by atoms with Gasteiger partial charge in [0.25, 0.3) is 5.91 Å². The minimum absolute atomic E-state index is 0.155. The van der Waals surface area contributed by atoms with Gasteiger partial charge in [0.05, 0.1) is 10.2 Å². The van der Waals surface area contributed by atoms with Gasteiger partial charge in [-0.15, -0.1) is 0 Å². The molecule has 1 amide bonds. The Morgan fingerprint density at radius 3 is 2.72 bits per heavy atom. The minimum atomic E-state index is -0.837. The van der Waals surface area contributed by atoms with Crippen LogP contribution >= 0.6 is 11.3 Å². The molecule has 0 spiro atoms. The van der Waals surface area contributed by atoms with E-state index in [-0.39, 0.29) is 5.57 Å². The zero-order valence-corrected chi connectivity index (χ0v) is 19.7. The minimum Gasteiger partial charge on any atom is -0.451 e. The number of hydrogen-bond donors (Lipinski definition) is 1. The smallest absolute Gasteiger partial charge is 0.349 e. The molecule has 0 aliphatic carbocycles. The summed E-state index contributed by atoms with van der Waals surface area (Å²) in [6.45, 7) is 10.5. The van der Waals surface area contributed by atoms with Crippen LogP contribution < -0.4 is 5.32 Å². The quantitative estimate of drug-likeness (QED) is 0.318. The Kier molecular flexibility index (Phi) is 7.11. The number of rotatable bonds is 7. The molecule has 2 heterocycles. The third-order valence-electron chi connectivity index (χ3n) is 4.93. The molecule has 0 bridgehead atoms. The molecule has 166 valence electrons. The average Bonchev–Trinajstić information content (AvgIpc) is 3.24. The van der Waals surface area contributed by atoms with Gasteiger partial charge in [-0.3, -0.25) is 10.1 Å². The molecule has 0 unspecified atom stereocenters. The molecule has 2 aromatic heterocycles. The number of aryl methyl sites for hydroxylation is 2. The number of esters is 1. The fourth-order valence-corrected chi connectivity index (χ4v) is 4.34. The number of benzene rings is 1. The summed E-state index contributed by atoms with van der Waals surface area (Å²) in [5, 5.41) is 12.5. The molecule has 0 saturated carbocycles. The maximum Gasteiger partial charge on any atom is 0.349 e. The Morgan fingerprint density at radius 2 is 2.03 bits per heavy atom. The number of anilines is 1. The lowest BCUT2D eigenvalue weighted by molar-refractivity contribution is -0.142. The number of nitrogens with zero attached hydrogens (tertiary/aromatic N) is 3. The van der Waals surface area contributed by atoms with Crippen molar-refractivity contribution in [2.45, 2.75) is 41.2 Å². The third-order valence-corrected chi connectivity index (χ3v) is 5.86. The summed E-state index contributed by atoms with van der Waals surface area (Å²) in [6.07, 6.45) is 1.51. The fourth-order valence-electron chi connectivity index (χ4n) is 3.36. The van der Waals surface area contributed by atoms with E-state index in [2.05, 4.69) is 28.7 Å². The van der Waals surface area contributed by atoms with Crippen LogP contribution in [0.3, 0.4) is 0 Å². The van der Waals surface area contributed by atoms with Crippen molar-refractivity contribution in [1.82, 2.24) is 9.55 Å². The van der Waals surface area contributed by atoms with E-state index in [0.29, 0.717) is 11.0 Å². The first-order valence-corrected chi connectivity index (χ1v) is 11.1. The Hall–Kier alpha value is -3.44. The van der Waals surface area contributed by atoms with Gasteiger partial charge in [-0.1, -0.05) is 31.3 Å². The van der Waals surface area contributed by atoms with Gasteiger partial charge in [-0.2, -0.15) is 5.26 Å². The van der Waals surface area contributed by atoms with E-state index in [1.807, 2.05) is 51.1 Å². The highest BCUT2D eigenvalue weighted by Gasteiger charge is 2.16. The Balaban J connectivity index is 1.64. The zero-order valence-electron chi connectivity index (χ0n) is 18.9. The number of ether oxygens (including phenoxy) is 1. The number of carbonyl (C=O) groups excluding carboxylic acids is 2. The van der Waals surface area contributed by atoms with Crippen molar-refractivity contribution in [3.8, 4) is 6.07 Å². The lowest BCUT2D eigenvalue weighted by Gasteiger charge is -2.12. The Bertz CT molecular complexity index is 1240. The van der Waals surface area contributed by atoms with Gasteiger partial charge >= 0.3 is 5.97 Å². The summed E-state index contributed by atoms with van der Waals surface area (Å²) in [5.41, 5.74) is 4.55. The molecule has 0 saturated heterocycles. The number of nitrogens with one attached hydrogen (secondary N) is 1. The van der Waals surface area contributed by atoms with Crippen LogP contribution in [0.25, 0.3) is 16.3 Å². The predicted octanol–water partition coefficient (Wildman–Crippen LogP) is 4.77. The van der Waals surface area contributed by atoms with Gasteiger partial charge in [0, 0.05) is 17.9 Å². The van der Waals surface area contributed by atoms with E-state index in [1.54, 1.807) is 0 Å². The molecule has 8 heteroatoms. The Morgan fingerprint density at radius 1 is 1.28 bits per heavy atom. The molecule has 3 aromatic rings. The van der Waals surface area contributed by atoms with Gasteiger partial charge in [-0.05, 0) is 62.1 Å². The molecule has 0 fully saturated rings. The summed E-state index contributed by atoms with van der Waals surface area (Å²) in [6, 6.07) is 9.64. The van der Waals surface area contributed by atoms with Gasteiger partial charge in [0.15, 0.2) is 11.7 Å². The number of aromatic nitrogens is 2. The average molecular weight is 451 g/mol. The van der Waals surface area contributed by atoms with Crippen LogP contribution in [0.2, 0.25) is 0 Å². The summed E-state index contributed by atoms with van der Waals surface area (Å²) in [4.78, 5) is 28.9. The highest BCUT2D eigenvalue weighted by Crippen LogP contribution is 2.26. The summed E-state index contributed by atoms with van der Waals surface area (Å²) in [7, 11) is 0. The van der Waals surface area contributed by atoms with Crippen molar-refractivity contribution >= 4 is 44.6 Å². The van der Waals surface area contributed by atoms with Crippen LogP contribution in [0, 0.1) is 38.0 Å². The van der Waals surface area contributed by atoms with Crippen molar-refractivity contribution in [3.63, 3.8) is 0 Å². The molecular formula is C24H26N4O3S. The number of nitriles is 1. The molecule has 0 aliphatic rings. The largest absolute Gasteiger partial charge is 0.451 e. The third kappa shape index (κ3) is 5.42. The Labute approximate surface area is 191 Å². The second-order valence-electron chi connectivity index (χ2n) is 8.12. The molecule has 0 atom stereocenters. The molecule has 32 heavy (non-hydrogen) atoms. The van der Waals surface area contributed by atoms with Crippen LogP contribution in [0.15, 0.2) is 29.8 Å². The molecule has 0 aliphatic heterocycles. The summed E-state index contributed by atoms with van der Waals surface area (Å²) in [5.74, 6) is -0.882. The zero-order chi connectivity index (χ0) is 23.4. The van der Waals surface area contributed by atoms with Crippen LogP contribution in [-0.4, -0.2) is 28.0 Å². The number of hydrogen-bond acceptors (Lipinski definition) is 6. The van der Waals surface area contributed by atoms with E-state index < -0.39 is 18.5 Å².